The molecule has 0 unspecified atom stereocenters. The third-order valence-corrected chi connectivity index (χ3v) is 4.24. The van der Waals surface area contributed by atoms with Gasteiger partial charge < -0.3 is 9.64 Å². The molecule has 6 heteroatoms. The maximum Gasteiger partial charge on any atom is 0.261 e. The maximum atomic E-state index is 11.3. The lowest BCUT2D eigenvalue weighted by atomic mass is 10.1. The molecular weight excluding hydrogens is 274 g/mol. The summed E-state index contributed by atoms with van der Waals surface area (Å²) in [7, 11) is 1.65. The highest BCUT2D eigenvalue weighted by Gasteiger charge is 2.31. The molecule has 2 rings (SSSR count). The number of nitrogens with zero attached hydrogens (tertiary/aromatic N) is 1. The Balaban J connectivity index is 2.53. The Morgan fingerprint density at radius 2 is 2.11 bits per heavy atom. The van der Waals surface area contributed by atoms with Gasteiger partial charge in [-0.25, -0.2) is 8.42 Å². The van der Waals surface area contributed by atoms with Gasteiger partial charge in [0.25, 0.3) is 9.05 Å². The van der Waals surface area contributed by atoms with Crippen molar-refractivity contribution in [2.24, 2.45) is 0 Å². The molecule has 1 aliphatic rings. The van der Waals surface area contributed by atoms with E-state index in [1.165, 1.54) is 6.07 Å². The third kappa shape index (κ3) is 2.57. The van der Waals surface area contributed by atoms with Crippen LogP contribution in [0.3, 0.4) is 0 Å². The first kappa shape index (κ1) is 13.5. The average molecular weight is 290 g/mol. The van der Waals surface area contributed by atoms with Gasteiger partial charge in [-0.1, -0.05) is 0 Å². The predicted octanol–water partition coefficient (Wildman–Crippen LogP) is 2.61. The van der Waals surface area contributed by atoms with Crippen LogP contribution < -0.4 is 9.64 Å². The summed E-state index contributed by atoms with van der Waals surface area (Å²) in [6.45, 7) is 7.52. The van der Waals surface area contributed by atoms with Gasteiger partial charge in [0.05, 0.1) is 17.1 Å². The Kier molecular flexibility index (Phi) is 3.23. The van der Waals surface area contributed by atoms with Crippen molar-refractivity contribution < 1.29 is 13.2 Å². The van der Waals surface area contributed by atoms with Crippen molar-refractivity contribution in [2.45, 2.75) is 31.3 Å². The van der Waals surface area contributed by atoms with Crippen LogP contribution in [0.4, 0.5) is 5.69 Å². The molecule has 0 spiro atoms. The Morgan fingerprint density at radius 1 is 1.44 bits per heavy atom. The minimum atomic E-state index is -3.71. The zero-order valence-corrected chi connectivity index (χ0v) is 12.2. The molecular formula is C12H16ClNO3S. The molecule has 0 aromatic heterocycles. The monoisotopic (exact) mass is 289 g/mol. The second-order valence-electron chi connectivity index (χ2n) is 4.94. The van der Waals surface area contributed by atoms with Gasteiger partial charge in [0.1, 0.15) is 11.4 Å². The van der Waals surface area contributed by atoms with Crippen LogP contribution in [-0.2, 0) is 9.05 Å². The molecule has 18 heavy (non-hydrogen) atoms. The van der Waals surface area contributed by atoms with Crippen molar-refractivity contribution in [1.82, 2.24) is 0 Å². The van der Waals surface area contributed by atoms with Gasteiger partial charge in [-0.15, -0.1) is 0 Å². The molecule has 0 fully saturated rings. The average Bonchev–Trinajstić information content (AvgIpc) is 2.24. The molecule has 0 aliphatic carbocycles. The fourth-order valence-electron chi connectivity index (χ4n) is 2.14. The van der Waals surface area contributed by atoms with E-state index < -0.39 is 9.05 Å². The first-order valence-corrected chi connectivity index (χ1v) is 8.06. The van der Waals surface area contributed by atoms with Crippen LogP contribution in [0.25, 0.3) is 0 Å². The number of likely N-dealkylation sites (N-methyl/N-ethyl adjacent to an activating group) is 1. The molecule has 100 valence electrons. The number of fused-ring (bicyclic) bond motifs is 1. The molecule has 1 heterocycles. The molecule has 1 aromatic carbocycles. The molecule has 0 bridgehead atoms. The van der Waals surface area contributed by atoms with Gasteiger partial charge in [-0.05, 0) is 39.0 Å². The van der Waals surface area contributed by atoms with Gasteiger partial charge in [0.2, 0.25) is 0 Å². The smallest absolute Gasteiger partial charge is 0.261 e. The number of hydrogen-bond donors (Lipinski definition) is 0. The summed E-state index contributed by atoms with van der Waals surface area (Å²) in [5.74, 6) is 0.692. The Hall–Kier alpha value is -0.940. The second kappa shape index (κ2) is 4.31. The van der Waals surface area contributed by atoms with E-state index in [0.717, 1.165) is 12.2 Å². The van der Waals surface area contributed by atoms with Gasteiger partial charge in [0.15, 0.2) is 0 Å². The minimum absolute atomic E-state index is 0.102. The molecule has 0 radical (unpaired) electrons. The summed E-state index contributed by atoms with van der Waals surface area (Å²) in [5, 5.41) is 0. The Morgan fingerprint density at radius 3 is 2.67 bits per heavy atom. The van der Waals surface area contributed by atoms with Crippen molar-refractivity contribution in [1.29, 1.82) is 0 Å². The largest absolute Gasteiger partial charge is 0.484 e. The van der Waals surface area contributed by atoms with Gasteiger partial charge in [-0.3, -0.25) is 0 Å². The number of hydrogen-bond acceptors (Lipinski definition) is 4. The second-order valence-corrected chi connectivity index (χ2v) is 7.51. The van der Waals surface area contributed by atoms with Crippen LogP contribution in [0.15, 0.2) is 23.1 Å². The normalized spacial score (nSPS) is 18.1. The molecule has 1 aliphatic heterocycles. The number of benzene rings is 1. The summed E-state index contributed by atoms with van der Waals surface area (Å²) < 4.78 is 28.5. The molecule has 0 atom stereocenters. The van der Waals surface area contributed by atoms with E-state index in [0.29, 0.717) is 12.3 Å². The fourth-order valence-corrected chi connectivity index (χ4v) is 2.91. The molecule has 0 amide bonds. The maximum absolute atomic E-state index is 11.3. The summed E-state index contributed by atoms with van der Waals surface area (Å²) in [4.78, 5) is 2.19. The van der Waals surface area contributed by atoms with Gasteiger partial charge in [0, 0.05) is 17.2 Å². The number of rotatable bonds is 2. The van der Waals surface area contributed by atoms with Crippen molar-refractivity contribution in [3.63, 3.8) is 0 Å². The fraction of sp³-hybridized carbons (Fsp3) is 0.500. The van der Waals surface area contributed by atoms with Crippen LogP contribution in [0.5, 0.6) is 5.75 Å². The van der Waals surface area contributed by atoms with Crippen molar-refractivity contribution in [3.8, 4) is 5.75 Å². The van der Waals surface area contributed by atoms with E-state index in [1.54, 1.807) is 12.1 Å². The highest BCUT2D eigenvalue weighted by molar-refractivity contribution is 8.13. The Bertz CT molecular complexity index is 569. The zero-order chi connectivity index (χ0) is 13.6. The summed E-state index contributed by atoms with van der Waals surface area (Å²) in [6, 6.07) is 4.70. The lowest BCUT2D eigenvalue weighted by Crippen LogP contribution is -2.46. The van der Waals surface area contributed by atoms with E-state index in [2.05, 4.69) is 4.90 Å². The van der Waals surface area contributed by atoms with Crippen LogP contribution in [-0.4, -0.2) is 27.1 Å². The topological polar surface area (TPSA) is 46.6 Å². The first-order chi connectivity index (χ1) is 8.23. The minimum Gasteiger partial charge on any atom is -0.484 e. The Labute approximate surface area is 112 Å². The van der Waals surface area contributed by atoms with E-state index in [9.17, 15) is 8.42 Å². The number of ether oxygens (including phenoxy) is 1. The summed E-state index contributed by atoms with van der Waals surface area (Å²) in [6.07, 6.45) is 0. The number of anilines is 1. The summed E-state index contributed by atoms with van der Waals surface area (Å²) >= 11 is 0. The van der Waals surface area contributed by atoms with Crippen LogP contribution in [0.2, 0.25) is 0 Å². The van der Waals surface area contributed by atoms with Crippen LogP contribution >= 0.6 is 10.7 Å². The number of halogens is 1. The van der Waals surface area contributed by atoms with E-state index >= 15 is 0 Å². The third-order valence-electron chi connectivity index (χ3n) is 2.89. The van der Waals surface area contributed by atoms with E-state index in [-0.39, 0.29) is 10.5 Å². The molecule has 0 N–H and O–H groups in total. The van der Waals surface area contributed by atoms with Crippen LogP contribution in [0.1, 0.15) is 20.8 Å². The van der Waals surface area contributed by atoms with E-state index in [4.69, 9.17) is 15.4 Å². The molecule has 0 saturated carbocycles. The standard InChI is InChI=1S/C12H16ClNO3S/c1-4-14-8-12(2,3)17-11-6-5-9(7-10(11)14)18(13,15)16/h5-7H,4,8H2,1-3H3. The molecule has 0 saturated heterocycles. The molecule has 4 nitrogen and oxygen atoms in total. The zero-order valence-electron chi connectivity index (χ0n) is 10.6. The quantitative estimate of drug-likeness (QED) is 0.785. The van der Waals surface area contributed by atoms with Gasteiger partial charge >= 0.3 is 0 Å². The SMILES string of the molecule is CCN1CC(C)(C)Oc2ccc(S(=O)(=O)Cl)cc21. The van der Waals surface area contributed by atoms with Gasteiger partial charge in [-0.2, -0.15) is 0 Å². The molecule has 1 aromatic rings. The summed E-state index contributed by atoms with van der Waals surface area (Å²) in [5.41, 5.74) is 0.489. The van der Waals surface area contributed by atoms with Crippen molar-refractivity contribution >= 4 is 25.4 Å². The predicted molar refractivity (Wildman–Crippen MR) is 72.1 cm³/mol. The van der Waals surface area contributed by atoms with E-state index in [1.807, 2.05) is 20.8 Å². The van der Waals surface area contributed by atoms with Crippen molar-refractivity contribution in [2.75, 3.05) is 18.0 Å². The van der Waals surface area contributed by atoms with Crippen molar-refractivity contribution in [3.05, 3.63) is 18.2 Å². The lowest BCUT2D eigenvalue weighted by molar-refractivity contribution is 0.105. The highest BCUT2D eigenvalue weighted by Crippen LogP contribution is 2.38. The van der Waals surface area contributed by atoms with Crippen LogP contribution in [0, 0.1) is 0 Å². The first-order valence-electron chi connectivity index (χ1n) is 5.75. The lowest BCUT2D eigenvalue weighted by Gasteiger charge is -2.40. The highest BCUT2D eigenvalue weighted by atomic mass is 35.7.